The lowest BCUT2D eigenvalue weighted by Crippen LogP contribution is -2.05. The van der Waals surface area contributed by atoms with Crippen molar-refractivity contribution in [2.45, 2.75) is 12.8 Å². The number of methoxy groups -OCH3 is 1. The summed E-state index contributed by atoms with van der Waals surface area (Å²) in [5, 5.41) is 0. The van der Waals surface area contributed by atoms with Crippen molar-refractivity contribution in [3.8, 4) is 5.75 Å². The maximum atomic E-state index is 10.4. The van der Waals surface area contributed by atoms with E-state index in [0.29, 0.717) is 0 Å². The van der Waals surface area contributed by atoms with Gasteiger partial charge < -0.3 is 10.5 Å². The van der Waals surface area contributed by atoms with Crippen molar-refractivity contribution in [2.24, 2.45) is 5.73 Å². The maximum absolute atomic E-state index is 10.4. The molecule has 0 radical (unpaired) electrons. The van der Waals surface area contributed by atoms with Crippen molar-refractivity contribution >= 4 is 5.91 Å². The molecule has 0 aromatic heterocycles. The minimum Gasteiger partial charge on any atom is -0.497 e. The Labute approximate surface area is 89.5 Å². The summed E-state index contributed by atoms with van der Waals surface area (Å²) in [7, 11) is 1.64. The van der Waals surface area contributed by atoms with Crippen molar-refractivity contribution < 1.29 is 9.53 Å². The van der Waals surface area contributed by atoms with Crippen LogP contribution in [0.4, 0.5) is 0 Å². The average Bonchev–Trinajstić information content (AvgIpc) is 2.25. The number of carbonyl (C=O) groups is 1. The number of hydrogen-bond donors (Lipinski definition) is 1. The Hall–Kier alpha value is -1.77. The SMILES string of the molecule is COc1ccc(CCC=CC(N)=O)cc1. The summed E-state index contributed by atoms with van der Waals surface area (Å²) in [6.07, 6.45) is 4.89. The summed E-state index contributed by atoms with van der Waals surface area (Å²) >= 11 is 0. The van der Waals surface area contributed by atoms with E-state index in [4.69, 9.17) is 10.5 Å². The van der Waals surface area contributed by atoms with Crippen molar-refractivity contribution in [1.29, 1.82) is 0 Å². The molecule has 3 heteroatoms. The van der Waals surface area contributed by atoms with E-state index < -0.39 is 5.91 Å². The molecule has 0 saturated heterocycles. The number of nitrogens with two attached hydrogens (primary N) is 1. The molecule has 0 unspecified atom stereocenters. The minimum absolute atomic E-state index is 0.398. The Morgan fingerprint density at radius 1 is 1.40 bits per heavy atom. The predicted molar refractivity (Wildman–Crippen MR) is 59.6 cm³/mol. The Morgan fingerprint density at radius 3 is 2.60 bits per heavy atom. The third-order valence-corrected chi connectivity index (χ3v) is 2.04. The van der Waals surface area contributed by atoms with E-state index >= 15 is 0 Å². The highest BCUT2D eigenvalue weighted by Gasteiger charge is 1.93. The van der Waals surface area contributed by atoms with Crippen LogP contribution in [0.1, 0.15) is 12.0 Å². The van der Waals surface area contributed by atoms with Gasteiger partial charge >= 0.3 is 0 Å². The number of ether oxygens (including phenoxy) is 1. The molecule has 0 fully saturated rings. The van der Waals surface area contributed by atoms with Crippen LogP contribution in [-0.4, -0.2) is 13.0 Å². The summed E-state index contributed by atoms with van der Waals surface area (Å²) in [4.78, 5) is 10.4. The zero-order valence-electron chi connectivity index (χ0n) is 8.77. The molecule has 80 valence electrons. The lowest BCUT2D eigenvalue weighted by molar-refractivity contribution is -0.113. The van der Waals surface area contributed by atoms with Crippen LogP contribution in [0.2, 0.25) is 0 Å². The predicted octanol–water partition coefficient (Wildman–Crippen LogP) is 1.67. The second-order valence-electron chi connectivity index (χ2n) is 3.19. The smallest absolute Gasteiger partial charge is 0.241 e. The fraction of sp³-hybridized carbons (Fsp3) is 0.250. The van der Waals surface area contributed by atoms with Gasteiger partial charge in [-0.15, -0.1) is 0 Å². The van der Waals surface area contributed by atoms with Gasteiger partial charge in [-0.05, 0) is 36.6 Å². The number of rotatable bonds is 5. The quantitative estimate of drug-likeness (QED) is 0.743. The summed E-state index contributed by atoms with van der Waals surface area (Å²) in [5.41, 5.74) is 6.18. The molecule has 1 rings (SSSR count). The van der Waals surface area contributed by atoms with Crippen molar-refractivity contribution in [3.05, 3.63) is 42.0 Å². The normalized spacial score (nSPS) is 10.5. The molecule has 0 bridgehead atoms. The molecular formula is C12H15NO2. The van der Waals surface area contributed by atoms with Crippen LogP contribution in [0.5, 0.6) is 5.75 Å². The van der Waals surface area contributed by atoms with Gasteiger partial charge in [0, 0.05) is 0 Å². The molecule has 0 heterocycles. The third-order valence-electron chi connectivity index (χ3n) is 2.04. The van der Waals surface area contributed by atoms with E-state index in [2.05, 4.69) is 0 Å². The molecular weight excluding hydrogens is 190 g/mol. The fourth-order valence-electron chi connectivity index (χ4n) is 1.24. The first-order valence-corrected chi connectivity index (χ1v) is 4.81. The summed E-state index contributed by atoms with van der Waals surface area (Å²) in [6.45, 7) is 0. The molecule has 1 aromatic rings. The van der Waals surface area contributed by atoms with Crippen LogP contribution in [0.25, 0.3) is 0 Å². The van der Waals surface area contributed by atoms with E-state index in [1.165, 1.54) is 11.6 Å². The number of allylic oxidation sites excluding steroid dienone is 1. The van der Waals surface area contributed by atoms with Crippen LogP contribution in [0.3, 0.4) is 0 Å². The van der Waals surface area contributed by atoms with Gasteiger partial charge in [-0.3, -0.25) is 4.79 Å². The van der Waals surface area contributed by atoms with Gasteiger partial charge in [0.25, 0.3) is 0 Å². The Bertz CT molecular complexity index is 341. The zero-order valence-corrected chi connectivity index (χ0v) is 8.77. The molecule has 0 aliphatic heterocycles. The average molecular weight is 205 g/mol. The maximum Gasteiger partial charge on any atom is 0.241 e. The largest absolute Gasteiger partial charge is 0.497 e. The standard InChI is InChI=1S/C12H15NO2/c1-15-11-8-6-10(7-9-11)4-2-3-5-12(13)14/h3,5-9H,2,4H2,1H3,(H2,13,14). The van der Waals surface area contributed by atoms with Crippen LogP contribution in [0.15, 0.2) is 36.4 Å². The highest BCUT2D eigenvalue weighted by molar-refractivity contribution is 5.85. The molecule has 15 heavy (non-hydrogen) atoms. The highest BCUT2D eigenvalue weighted by atomic mass is 16.5. The molecule has 1 amide bonds. The van der Waals surface area contributed by atoms with E-state index in [0.717, 1.165) is 18.6 Å². The van der Waals surface area contributed by atoms with E-state index in [1.807, 2.05) is 24.3 Å². The molecule has 0 aliphatic carbocycles. The first kappa shape index (κ1) is 11.3. The lowest BCUT2D eigenvalue weighted by Gasteiger charge is -2.01. The molecule has 0 atom stereocenters. The molecule has 0 saturated carbocycles. The van der Waals surface area contributed by atoms with Gasteiger partial charge in [0.05, 0.1) is 7.11 Å². The summed E-state index contributed by atoms with van der Waals surface area (Å²) in [5.74, 6) is 0.455. The molecule has 0 aliphatic rings. The monoisotopic (exact) mass is 205 g/mol. The van der Waals surface area contributed by atoms with Crippen molar-refractivity contribution in [1.82, 2.24) is 0 Å². The Morgan fingerprint density at radius 2 is 2.07 bits per heavy atom. The number of carbonyl (C=O) groups excluding carboxylic acids is 1. The van der Waals surface area contributed by atoms with Crippen LogP contribution >= 0.6 is 0 Å². The fourth-order valence-corrected chi connectivity index (χ4v) is 1.24. The lowest BCUT2D eigenvalue weighted by atomic mass is 10.1. The zero-order chi connectivity index (χ0) is 11.1. The van der Waals surface area contributed by atoms with E-state index in [1.54, 1.807) is 13.2 Å². The number of amides is 1. The van der Waals surface area contributed by atoms with Gasteiger partial charge in [0.2, 0.25) is 5.91 Å². The first-order valence-electron chi connectivity index (χ1n) is 4.81. The van der Waals surface area contributed by atoms with Crippen LogP contribution < -0.4 is 10.5 Å². The van der Waals surface area contributed by atoms with Gasteiger partial charge in [0.15, 0.2) is 0 Å². The number of benzene rings is 1. The number of primary amides is 1. The third kappa shape index (κ3) is 4.31. The molecule has 1 aromatic carbocycles. The van der Waals surface area contributed by atoms with Crippen molar-refractivity contribution in [3.63, 3.8) is 0 Å². The topological polar surface area (TPSA) is 52.3 Å². The Kier molecular flexibility index (Phi) is 4.41. The second kappa shape index (κ2) is 5.86. The first-order chi connectivity index (χ1) is 7.22. The second-order valence-corrected chi connectivity index (χ2v) is 3.19. The van der Waals surface area contributed by atoms with Gasteiger partial charge in [-0.2, -0.15) is 0 Å². The van der Waals surface area contributed by atoms with E-state index in [-0.39, 0.29) is 0 Å². The molecule has 3 nitrogen and oxygen atoms in total. The summed E-state index contributed by atoms with van der Waals surface area (Å²) in [6, 6.07) is 7.87. The van der Waals surface area contributed by atoms with Crippen LogP contribution in [-0.2, 0) is 11.2 Å². The van der Waals surface area contributed by atoms with Gasteiger partial charge in [0.1, 0.15) is 5.75 Å². The van der Waals surface area contributed by atoms with Gasteiger partial charge in [-0.25, -0.2) is 0 Å². The van der Waals surface area contributed by atoms with Gasteiger partial charge in [-0.1, -0.05) is 18.2 Å². The number of hydrogen-bond acceptors (Lipinski definition) is 2. The highest BCUT2D eigenvalue weighted by Crippen LogP contribution is 2.12. The Balaban J connectivity index is 2.41. The molecule has 2 N–H and O–H groups in total. The summed E-state index contributed by atoms with van der Waals surface area (Å²) < 4.78 is 5.05. The van der Waals surface area contributed by atoms with Crippen LogP contribution in [0, 0.1) is 0 Å². The van der Waals surface area contributed by atoms with Crippen molar-refractivity contribution in [2.75, 3.05) is 7.11 Å². The number of aryl methyl sites for hydroxylation is 1. The molecule has 0 spiro atoms. The van der Waals surface area contributed by atoms with E-state index in [9.17, 15) is 4.79 Å². The minimum atomic E-state index is -0.398.